The van der Waals surface area contributed by atoms with Crippen LogP contribution in [0, 0.1) is 0 Å². The third kappa shape index (κ3) is 7.27. The van der Waals surface area contributed by atoms with Gasteiger partial charge in [-0.25, -0.2) is 5.48 Å². The van der Waals surface area contributed by atoms with Crippen LogP contribution in [0.5, 0.6) is 0 Å². The van der Waals surface area contributed by atoms with Crippen molar-refractivity contribution in [2.45, 2.75) is 25.7 Å². The Kier molecular flexibility index (Phi) is 7.67. The van der Waals surface area contributed by atoms with Gasteiger partial charge in [0.2, 0.25) is 11.8 Å². The molecule has 1 heterocycles. The lowest BCUT2D eigenvalue weighted by Gasteiger charge is -2.02. The Bertz CT molecular complexity index is 446. The molecule has 0 saturated heterocycles. The molecule has 1 rings (SSSR count). The fourth-order valence-corrected chi connectivity index (χ4v) is 1.55. The molecule has 3 N–H and O–H groups in total. The van der Waals surface area contributed by atoms with Crippen molar-refractivity contribution in [2.24, 2.45) is 0 Å². The molecule has 20 heavy (non-hydrogen) atoms. The van der Waals surface area contributed by atoms with Gasteiger partial charge in [0.15, 0.2) is 0 Å². The molecule has 108 valence electrons. The Morgan fingerprint density at radius 1 is 1.25 bits per heavy atom. The number of hydroxylamine groups is 1. The van der Waals surface area contributed by atoms with Crippen LogP contribution >= 0.6 is 0 Å². The van der Waals surface area contributed by atoms with E-state index in [1.54, 1.807) is 17.8 Å². The molecule has 2 amide bonds. The van der Waals surface area contributed by atoms with E-state index in [4.69, 9.17) is 5.21 Å². The lowest BCUT2D eigenvalue weighted by Crippen LogP contribution is -2.22. The van der Waals surface area contributed by atoms with Crippen LogP contribution in [0.15, 0.2) is 30.5 Å². The fraction of sp³-hybridized carbons (Fsp3) is 0.357. The summed E-state index contributed by atoms with van der Waals surface area (Å²) in [5.74, 6) is -0.545. The standard InChI is InChI=1S/C14H19N3O3/c18-13(9-8-12-6-3-5-10-15-12)16-11-4-1-2-7-14(19)17-20/h3,5-6,8-10,20H,1-2,4,7,11H2,(H,16,18)(H,17,19)/b9-8+. The lowest BCUT2D eigenvalue weighted by molar-refractivity contribution is -0.129. The first-order valence-corrected chi connectivity index (χ1v) is 6.52. The maximum Gasteiger partial charge on any atom is 0.244 e. The maximum atomic E-state index is 11.5. The SMILES string of the molecule is O=C(/C=C/c1ccccn1)NCCCCCC(=O)NO. The molecule has 0 saturated carbocycles. The zero-order valence-corrected chi connectivity index (χ0v) is 11.2. The van der Waals surface area contributed by atoms with E-state index in [9.17, 15) is 9.59 Å². The molecule has 6 heteroatoms. The largest absolute Gasteiger partial charge is 0.353 e. The second-order valence-electron chi connectivity index (χ2n) is 4.22. The summed E-state index contributed by atoms with van der Waals surface area (Å²) in [6.45, 7) is 0.562. The number of unbranched alkanes of at least 4 members (excludes halogenated alkanes) is 2. The van der Waals surface area contributed by atoms with E-state index in [-0.39, 0.29) is 11.8 Å². The molecule has 0 unspecified atom stereocenters. The highest BCUT2D eigenvalue weighted by Gasteiger charge is 1.99. The molecule has 1 aromatic rings. The van der Waals surface area contributed by atoms with E-state index >= 15 is 0 Å². The van der Waals surface area contributed by atoms with Crippen LogP contribution in [0.4, 0.5) is 0 Å². The van der Waals surface area contributed by atoms with Crippen molar-refractivity contribution in [3.8, 4) is 0 Å². The summed E-state index contributed by atoms with van der Waals surface area (Å²) in [5, 5.41) is 11.0. The van der Waals surface area contributed by atoms with Gasteiger partial charge in [0.1, 0.15) is 0 Å². The number of carbonyl (C=O) groups is 2. The summed E-state index contributed by atoms with van der Waals surface area (Å²) in [6, 6.07) is 5.48. The average Bonchev–Trinajstić information content (AvgIpc) is 2.49. The Hall–Kier alpha value is -2.21. The Balaban J connectivity index is 2.09. The first kappa shape index (κ1) is 15.8. The summed E-state index contributed by atoms with van der Waals surface area (Å²) >= 11 is 0. The number of rotatable bonds is 8. The van der Waals surface area contributed by atoms with Gasteiger partial charge in [0.25, 0.3) is 0 Å². The minimum Gasteiger partial charge on any atom is -0.353 e. The molecule has 0 bridgehead atoms. The van der Waals surface area contributed by atoms with Gasteiger partial charge >= 0.3 is 0 Å². The van der Waals surface area contributed by atoms with Gasteiger partial charge in [-0.15, -0.1) is 0 Å². The third-order valence-corrected chi connectivity index (χ3v) is 2.60. The number of aromatic nitrogens is 1. The van der Waals surface area contributed by atoms with Crippen molar-refractivity contribution < 1.29 is 14.8 Å². The van der Waals surface area contributed by atoms with Crippen molar-refractivity contribution in [1.29, 1.82) is 0 Å². The second-order valence-corrected chi connectivity index (χ2v) is 4.22. The van der Waals surface area contributed by atoms with E-state index in [1.165, 1.54) is 6.08 Å². The molecule has 1 aromatic heterocycles. The molecule has 0 radical (unpaired) electrons. The van der Waals surface area contributed by atoms with Gasteiger partial charge in [0, 0.05) is 25.2 Å². The smallest absolute Gasteiger partial charge is 0.244 e. The zero-order valence-electron chi connectivity index (χ0n) is 11.2. The van der Waals surface area contributed by atoms with Crippen molar-refractivity contribution in [3.63, 3.8) is 0 Å². The molecular formula is C14H19N3O3. The van der Waals surface area contributed by atoms with Gasteiger partial charge in [0.05, 0.1) is 5.69 Å². The van der Waals surface area contributed by atoms with Crippen LogP contribution < -0.4 is 10.8 Å². The van der Waals surface area contributed by atoms with E-state index in [2.05, 4.69) is 10.3 Å². The average molecular weight is 277 g/mol. The number of hydrogen-bond acceptors (Lipinski definition) is 4. The number of pyridine rings is 1. The van der Waals surface area contributed by atoms with Gasteiger partial charge in [-0.05, 0) is 31.1 Å². The normalized spacial score (nSPS) is 10.4. The van der Waals surface area contributed by atoms with Crippen LogP contribution in [0.3, 0.4) is 0 Å². The molecule has 0 aliphatic carbocycles. The highest BCUT2D eigenvalue weighted by Crippen LogP contribution is 1.99. The molecule has 0 aliphatic heterocycles. The first-order valence-electron chi connectivity index (χ1n) is 6.52. The maximum absolute atomic E-state index is 11.5. The Morgan fingerprint density at radius 2 is 2.10 bits per heavy atom. The van der Waals surface area contributed by atoms with E-state index in [0.717, 1.165) is 18.5 Å². The number of nitrogens with one attached hydrogen (secondary N) is 2. The zero-order chi connectivity index (χ0) is 14.6. The van der Waals surface area contributed by atoms with Gasteiger partial charge < -0.3 is 5.32 Å². The van der Waals surface area contributed by atoms with Gasteiger partial charge in [-0.1, -0.05) is 12.5 Å². The van der Waals surface area contributed by atoms with Crippen molar-refractivity contribution in [1.82, 2.24) is 15.8 Å². The van der Waals surface area contributed by atoms with Gasteiger partial charge in [-0.2, -0.15) is 0 Å². The van der Waals surface area contributed by atoms with Crippen LogP contribution in [0.1, 0.15) is 31.4 Å². The van der Waals surface area contributed by atoms with Crippen LogP contribution in [0.2, 0.25) is 0 Å². The summed E-state index contributed by atoms with van der Waals surface area (Å²) in [6.07, 6.45) is 7.36. The first-order chi connectivity index (χ1) is 9.72. The second kappa shape index (κ2) is 9.69. The summed E-state index contributed by atoms with van der Waals surface area (Å²) < 4.78 is 0. The fourth-order valence-electron chi connectivity index (χ4n) is 1.55. The van der Waals surface area contributed by atoms with E-state index < -0.39 is 0 Å². The minimum atomic E-state index is -0.382. The third-order valence-electron chi connectivity index (χ3n) is 2.60. The van der Waals surface area contributed by atoms with Crippen molar-refractivity contribution >= 4 is 17.9 Å². The predicted octanol–water partition coefficient (Wildman–Crippen LogP) is 1.28. The molecular weight excluding hydrogens is 258 g/mol. The van der Waals surface area contributed by atoms with Crippen LogP contribution in [-0.4, -0.2) is 28.6 Å². The van der Waals surface area contributed by atoms with Gasteiger partial charge in [-0.3, -0.25) is 19.8 Å². The number of amides is 2. The predicted molar refractivity (Wildman–Crippen MR) is 74.7 cm³/mol. The summed E-state index contributed by atoms with van der Waals surface area (Å²) in [5.41, 5.74) is 2.32. The van der Waals surface area contributed by atoms with E-state index in [1.807, 2.05) is 18.2 Å². The minimum absolute atomic E-state index is 0.163. The van der Waals surface area contributed by atoms with Crippen LogP contribution in [0.25, 0.3) is 6.08 Å². The molecule has 6 nitrogen and oxygen atoms in total. The highest BCUT2D eigenvalue weighted by molar-refractivity contribution is 5.91. The monoisotopic (exact) mass is 277 g/mol. The molecule has 0 fully saturated rings. The highest BCUT2D eigenvalue weighted by atomic mass is 16.5. The number of carbonyl (C=O) groups excluding carboxylic acids is 2. The van der Waals surface area contributed by atoms with Crippen molar-refractivity contribution in [3.05, 3.63) is 36.2 Å². The summed E-state index contributed by atoms with van der Waals surface area (Å²) in [4.78, 5) is 26.3. The van der Waals surface area contributed by atoms with E-state index in [0.29, 0.717) is 19.4 Å². The Morgan fingerprint density at radius 3 is 2.80 bits per heavy atom. The lowest BCUT2D eigenvalue weighted by atomic mass is 10.2. The molecule has 0 aromatic carbocycles. The molecule has 0 atom stereocenters. The quantitative estimate of drug-likeness (QED) is 0.289. The van der Waals surface area contributed by atoms with Crippen molar-refractivity contribution in [2.75, 3.05) is 6.54 Å². The topological polar surface area (TPSA) is 91.3 Å². The van der Waals surface area contributed by atoms with Crippen LogP contribution in [-0.2, 0) is 9.59 Å². The Labute approximate surface area is 117 Å². The molecule has 0 spiro atoms. The molecule has 0 aliphatic rings. The number of hydrogen-bond donors (Lipinski definition) is 3. The number of nitrogens with zero attached hydrogens (tertiary/aromatic N) is 1. The summed E-state index contributed by atoms with van der Waals surface area (Å²) in [7, 11) is 0.